The van der Waals surface area contributed by atoms with E-state index in [-0.39, 0.29) is 23.7 Å². The van der Waals surface area contributed by atoms with Gasteiger partial charge in [0.05, 0.1) is 13.2 Å². The van der Waals surface area contributed by atoms with Crippen molar-refractivity contribution in [1.82, 2.24) is 5.32 Å². The number of halogens is 1. The Kier molecular flexibility index (Phi) is 4.77. The van der Waals surface area contributed by atoms with Gasteiger partial charge >= 0.3 is 0 Å². The number of nitrogens with one attached hydrogen (secondary N) is 1. The van der Waals surface area contributed by atoms with Crippen LogP contribution in [0.1, 0.15) is 44.2 Å². The van der Waals surface area contributed by atoms with E-state index in [1.54, 1.807) is 6.07 Å². The van der Waals surface area contributed by atoms with Crippen molar-refractivity contribution < 1.29 is 14.2 Å². The SMILES string of the molecule is COc1ccc([C@H](C)NC2CCC(O)CC2)cc1F. The molecular formula is C15H22FNO2. The number of aliphatic hydroxyl groups is 1. The van der Waals surface area contributed by atoms with Gasteiger partial charge < -0.3 is 15.2 Å². The van der Waals surface area contributed by atoms with E-state index in [9.17, 15) is 9.50 Å². The molecule has 106 valence electrons. The highest BCUT2D eigenvalue weighted by molar-refractivity contribution is 5.30. The largest absolute Gasteiger partial charge is 0.494 e. The van der Waals surface area contributed by atoms with Crippen LogP contribution in [0.4, 0.5) is 4.39 Å². The monoisotopic (exact) mass is 267 g/mol. The van der Waals surface area contributed by atoms with Gasteiger partial charge in [0.15, 0.2) is 11.6 Å². The molecular weight excluding hydrogens is 245 g/mol. The Morgan fingerprint density at radius 1 is 1.32 bits per heavy atom. The van der Waals surface area contributed by atoms with Crippen molar-refractivity contribution in [3.63, 3.8) is 0 Å². The fourth-order valence-electron chi connectivity index (χ4n) is 2.64. The molecule has 2 rings (SSSR count). The first kappa shape index (κ1) is 14.3. The summed E-state index contributed by atoms with van der Waals surface area (Å²) in [6.07, 6.45) is 3.50. The molecule has 1 aromatic rings. The summed E-state index contributed by atoms with van der Waals surface area (Å²) in [5.41, 5.74) is 0.921. The zero-order valence-electron chi connectivity index (χ0n) is 11.5. The highest BCUT2D eigenvalue weighted by Crippen LogP contribution is 2.24. The van der Waals surface area contributed by atoms with Crippen molar-refractivity contribution in [3.8, 4) is 5.75 Å². The van der Waals surface area contributed by atoms with Gasteiger partial charge in [0.2, 0.25) is 0 Å². The number of methoxy groups -OCH3 is 1. The summed E-state index contributed by atoms with van der Waals surface area (Å²) < 4.78 is 18.6. The Hall–Kier alpha value is -1.13. The Balaban J connectivity index is 1.96. The zero-order chi connectivity index (χ0) is 13.8. The second-order valence-electron chi connectivity index (χ2n) is 5.29. The summed E-state index contributed by atoms with van der Waals surface area (Å²) in [4.78, 5) is 0. The first-order valence-corrected chi connectivity index (χ1v) is 6.87. The van der Waals surface area contributed by atoms with Gasteiger partial charge in [0.1, 0.15) is 0 Å². The van der Waals surface area contributed by atoms with Crippen LogP contribution in [0.25, 0.3) is 0 Å². The second-order valence-corrected chi connectivity index (χ2v) is 5.29. The minimum atomic E-state index is -0.326. The molecule has 4 heteroatoms. The van der Waals surface area contributed by atoms with Crippen LogP contribution >= 0.6 is 0 Å². The van der Waals surface area contributed by atoms with Gasteiger partial charge in [0, 0.05) is 12.1 Å². The van der Waals surface area contributed by atoms with Crippen molar-refractivity contribution in [3.05, 3.63) is 29.6 Å². The second kappa shape index (κ2) is 6.35. The van der Waals surface area contributed by atoms with Gasteiger partial charge in [0.25, 0.3) is 0 Å². The fourth-order valence-corrected chi connectivity index (χ4v) is 2.64. The maximum atomic E-state index is 13.7. The maximum Gasteiger partial charge on any atom is 0.165 e. The Bertz CT molecular complexity index is 417. The Morgan fingerprint density at radius 3 is 2.58 bits per heavy atom. The van der Waals surface area contributed by atoms with Crippen LogP contribution in [0.2, 0.25) is 0 Å². The number of hydrogen-bond acceptors (Lipinski definition) is 3. The van der Waals surface area contributed by atoms with Crippen molar-refractivity contribution in [1.29, 1.82) is 0 Å². The van der Waals surface area contributed by atoms with Gasteiger partial charge in [-0.1, -0.05) is 6.07 Å². The molecule has 0 spiro atoms. The van der Waals surface area contributed by atoms with Crippen LogP contribution in [-0.2, 0) is 0 Å². The lowest BCUT2D eigenvalue weighted by atomic mass is 9.92. The number of hydrogen-bond donors (Lipinski definition) is 2. The molecule has 1 aliphatic rings. The molecule has 0 unspecified atom stereocenters. The van der Waals surface area contributed by atoms with Crippen LogP contribution in [0, 0.1) is 5.82 Å². The van der Waals surface area contributed by atoms with E-state index in [4.69, 9.17) is 4.74 Å². The molecule has 1 saturated carbocycles. The molecule has 19 heavy (non-hydrogen) atoms. The van der Waals surface area contributed by atoms with Gasteiger partial charge in [-0.15, -0.1) is 0 Å². The predicted octanol–water partition coefficient (Wildman–Crippen LogP) is 2.79. The summed E-state index contributed by atoms with van der Waals surface area (Å²) in [6, 6.07) is 5.57. The van der Waals surface area contributed by atoms with Gasteiger partial charge in [-0.3, -0.25) is 0 Å². The van der Waals surface area contributed by atoms with Crippen molar-refractivity contribution >= 4 is 0 Å². The summed E-state index contributed by atoms with van der Waals surface area (Å²) >= 11 is 0. The molecule has 0 aromatic heterocycles. The van der Waals surface area contributed by atoms with Crippen molar-refractivity contribution in [2.24, 2.45) is 0 Å². The van der Waals surface area contributed by atoms with Crippen LogP contribution in [0.3, 0.4) is 0 Å². The van der Waals surface area contributed by atoms with E-state index in [1.807, 2.05) is 13.0 Å². The van der Waals surface area contributed by atoms with Crippen LogP contribution in [0.15, 0.2) is 18.2 Å². The zero-order valence-corrected chi connectivity index (χ0v) is 11.5. The lowest BCUT2D eigenvalue weighted by molar-refractivity contribution is 0.114. The van der Waals surface area contributed by atoms with Crippen LogP contribution in [0.5, 0.6) is 5.75 Å². The number of aliphatic hydroxyl groups excluding tert-OH is 1. The molecule has 0 aliphatic heterocycles. The predicted molar refractivity (Wildman–Crippen MR) is 72.8 cm³/mol. The van der Waals surface area contributed by atoms with Crippen LogP contribution < -0.4 is 10.1 Å². The number of rotatable bonds is 4. The standard InChI is InChI=1S/C15H22FNO2/c1-10(17-12-4-6-13(18)7-5-12)11-3-8-15(19-2)14(16)9-11/h3,8-10,12-13,17-18H,4-7H2,1-2H3/t10-,12?,13?/m0/s1. The topological polar surface area (TPSA) is 41.5 Å². The molecule has 0 saturated heterocycles. The third-order valence-corrected chi connectivity index (χ3v) is 3.86. The summed E-state index contributed by atoms with van der Waals surface area (Å²) in [7, 11) is 1.47. The highest BCUT2D eigenvalue weighted by atomic mass is 19.1. The first-order valence-electron chi connectivity index (χ1n) is 6.87. The number of benzene rings is 1. The average Bonchev–Trinajstić information content (AvgIpc) is 2.41. The minimum absolute atomic E-state index is 0.0978. The maximum absolute atomic E-state index is 13.7. The average molecular weight is 267 g/mol. The van der Waals surface area contributed by atoms with E-state index in [0.717, 1.165) is 31.2 Å². The first-order chi connectivity index (χ1) is 9.10. The van der Waals surface area contributed by atoms with E-state index >= 15 is 0 Å². The quantitative estimate of drug-likeness (QED) is 0.881. The van der Waals surface area contributed by atoms with E-state index in [2.05, 4.69) is 5.32 Å². The van der Waals surface area contributed by atoms with E-state index < -0.39 is 0 Å². The molecule has 1 atom stereocenters. The van der Waals surface area contributed by atoms with Gasteiger partial charge in [-0.2, -0.15) is 0 Å². The molecule has 0 bridgehead atoms. The van der Waals surface area contributed by atoms with Crippen molar-refractivity contribution in [2.45, 2.75) is 50.8 Å². The molecule has 0 heterocycles. The molecule has 2 N–H and O–H groups in total. The minimum Gasteiger partial charge on any atom is -0.494 e. The van der Waals surface area contributed by atoms with E-state index in [0.29, 0.717) is 6.04 Å². The van der Waals surface area contributed by atoms with Crippen LogP contribution in [-0.4, -0.2) is 24.4 Å². The summed E-state index contributed by atoms with van der Waals surface area (Å²) in [5, 5.41) is 13.0. The molecule has 0 radical (unpaired) electrons. The molecule has 1 aliphatic carbocycles. The highest BCUT2D eigenvalue weighted by Gasteiger charge is 2.21. The molecule has 0 amide bonds. The Labute approximate surface area is 113 Å². The fraction of sp³-hybridized carbons (Fsp3) is 0.600. The van der Waals surface area contributed by atoms with Gasteiger partial charge in [-0.25, -0.2) is 4.39 Å². The number of ether oxygens (including phenoxy) is 1. The third-order valence-electron chi connectivity index (χ3n) is 3.86. The normalized spacial score (nSPS) is 25.1. The smallest absolute Gasteiger partial charge is 0.165 e. The van der Waals surface area contributed by atoms with Gasteiger partial charge in [-0.05, 0) is 50.3 Å². The lowest BCUT2D eigenvalue weighted by Crippen LogP contribution is -2.36. The summed E-state index contributed by atoms with van der Waals surface area (Å²) in [6.45, 7) is 2.03. The molecule has 3 nitrogen and oxygen atoms in total. The molecule has 1 aromatic carbocycles. The molecule has 1 fully saturated rings. The van der Waals surface area contributed by atoms with Crippen molar-refractivity contribution in [2.75, 3.05) is 7.11 Å². The summed E-state index contributed by atoms with van der Waals surface area (Å²) in [5.74, 6) is -0.0514. The lowest BCUT2D eigenvalue weighted by Gasteiger charge is -2.29. The van der Waals surface area contributed by atoms with E-state index in [1.165, 1.54) is 13.2 Å². The Morgan fingerprint density at radius 2 is 2.00 bits per heavy atom. The third kappa shape index (κ3) is 3.67.